The maximum Gasteiger partial charge on any atom is 0.151 e. The third-order valence-corrected chi connectivity index (χ3v) is 5.98. The first-order valence-electron chi connectivity index (χ1n) is 7.70. The maximum atomic E-state index is 11.8. The number of nitrogens with zero attached hydrogens (tertiary/aromatic N) is 2. The highest BCUT2D eigenvalue weighted by molar-refractivity contribution is 7.91. The van der Waals surface area contributed by atoms with E-state index in [-0.39, 0.29) is 11.3 Å². The molecule has 0 amide bonds. The van der Waals surface area contributed by atoms with Gasteiger partial charge in [0.2, 0.25) is 0 Å². The second-order valence-electron chi connectivity index (χ2n) is 6.53. The Balaban J connectivity index is 1.86. The van der Waals surface area contributed by atoms with E-state index in [1.54, 1.807) is 0 Å². The van der Waals surface area contributed by atoms with Gasteiger partial charge < -0.3 is 5.32 Å². The van der Waals surface area contributed by atoms with Gasteiger partial charge in [-0.2, -0.15) is 5.10 Å². The quantitative estimate of drug-likeness (QED) is 0.868. The van der Waals surface area contributed by atoms with Gasteiger partial charge in [-0.15, -0.1) is 0 Å². The largest absolute Gasteiger partial charge is 0.312 e. The molecule has 0 unspecified atom stereocenters. The molecule has 1 saturated carbocycles. The Kier molecular flexibility index (Phi) is 5.09. The van der Waals surface area contributed by atoms with Gasteiger partial charge in [0.15, 0.2) is 9.84 Å². The van der Waals surface area contributed by atoms with Crippen molar-refractivity contribution in [2.75, 3.05) is 12.8 Å². The smallest absolute Gasteiger partial charge is 0.151 e. The Hall–Kier alpha value is -0.880. The van der Waals surface area contributed by atoms with Crippen LogP contribution in [0.3, 0.4) is 0 Å². The summed E-state index contributed by atoms with van der Waals surface area (Å²) in [6, 6.07) is 2.19. The van der Waals surface area contributed by atoms with E-state index in [4.69, 9.17) is 0 Å². The number of sulfone groups is 1. The van der Waals surface area contributed by atoms with Crippen molar-refractivity contribution < 1.29 is 8.42 Å². The van der Waals surface area contributed by atoms with Crippen LogP contribution < -0.4 is 5.32 Å². The minimum Gasteiger partial charge on any atom is -0.312 e. The normalized spacial score (nSPS) is 24.4. The minimum absolute atomic E-state index is 0.114. The first-order valence-corrected chi connectivity index (χ1v) is 9.66. The van der Waals surface area contributed by atoms with Gasteiger partial charge in [0.1, 0.15) is 0 Å². The zero-order valence-corrected chi connectivity index (χ0v) is 14.3. The third kappa shape index (κ3) is 4.30. The highest BCUT2D eigenvalue weighted by atomic mass is 32.2. The lowest BCUT2D eigenvalue weighted by Gasteiger charge is -2.22. The molecule has 0 bridgehead atoms. The van der Waals surface area contributed by atoms with Crippen molar-refractivity contribution in [3.63, 3.8) is 0 Å². The molecule has 6 heteroatoms. The Bertz CT molecular complexity index is 580. The van der Waals surface area contributed by atoms with Crippen molar-refractivity contribution in [1.29, 1.82) is 0 Å². The third-order valence-electron chi connectivity index (χ3n) is 4.32. The summed E-state index contributed by atoms with van der Waals surface area (Å²) in [7, 11) is -2.94. The van der Waals surface area contributed by atoms with Crippen molar-refractivity contribution >= 4 is 9.84 Å². The molecule has 21 heavy (non-hydrogen) atoms. The van der Waals surface area contributed by atoms with Crippen LogP contribution in [0.25, 0.3) is 0 Å². The van der Waals surface area contributed by atoms with Crippen LogP contribution in [0, 0.1) is 19.8 Å². The van der Waals surface area contributed by atoms with Gasteiger partial charge >= 0.3 is 0 Å². The molecule has 120 valence electrons. The summed E-state index contributed by atoms with van der Waals surface area (Å²) in [5.74, 6) is 0.420. The molecule has 1 aliphatic rings. The van der Waals surface area contributed by atoms with Gasteiger partial charge in [-0.25, -0.2) is 8.42 Å². The van der Waals surface area contributed by atoms with Crippen LogP contribution >= 0.6 is 0 Å². The number of aryl methyl sites for hydroxylation is 2. The molecule has 1 aromatic rings. The van der Waals surface area contributed by atoms with Crippen molar-refractivity contribution in [2.45, 2.75) is 57.9 Å². The summed E-state index contributed by atoms with van der Waals surface area (Å²) in [5, 5.41) is 7.73. The van der Waals surface area contributed by atoms with Crippen LogP contribution in [0.5, 0.6) is 0 Å². The molecule has 1 N–H and O–H groups in total. The molecular weight excluding hydrogens is 286 g/mol. The summed E-state index contributed by atoms with van der Waals surface area (Å²) >= 11 is 0. The molecule has 0 aromatic carbocycles. The van der Waals surface area contributed by atoms with Gasteiger partial charge in [-0.3, -0.25) is 4.68 Å². The predicted octanol–water partition coefficient (Wildman–Crippen LogP) is 1.69. The van der Waals surface area contributed by atoms with E-state index in [1.165, 1.54) is 11.9 Å². The first kappa shape index (κ1) is 16.5. The number of hydrogen-bond donors (Lipinski definition) is 1. The van der Waals surface area contributed by atoms with Crippen LogP contribution in [0.1, 0.15) is 37.6 Å². The summed E-state index contributed by atoms with van der Waals surface area (Å²) in [5.41, 5.74) is 2.22. The molecule has 2 rings (SSSR count). The summed E-state index contributed by atoms with van der Waals surface area (Å²) < 4.78 is 25.6. The minimum atomic E-state index is -2.94. The molecular formula is C15H27N3O2S. The summed E-state index contributed by atoms with van der Waals surface area (Å²) in [4.78, 5) is 0. The van der Waals surface area contributed by atoms with Gasteiger partial charge in [0.25, 0.3) is 0 Å². The average molecular weight is 313 g/mol. The molecule has 0 spiro atoms. The van der Waals surface area contributed by atoms with E-state index in [0.29, 0.717) is 5.92 Å². The molecule has 0 radical (unpaired) electrons. The molecule has 3 atom stereocenters. The average Bonchev–Trinajstić information content (AvgIpc) is 2.93. The molecule has 1 fully saturated rings. The summed E-state index contributed by atoms with van der Waals surface area (Å²) in [6.45, 7) is 7.93. The number of aromatic nitrogens is 2. The molecule has 1 aromatic heterocycles. The Morgan fingerprint density at radius 2 is 2.14 bits per heavy atom. The van der Waals surface area contributed by atoms with E-state index < -0.39 is 9.84 Å². The molecule has 0 aliphatic heterocycles. The van der Waals surface area contributed by atoms with Crippen LogP contribution in [0.4, 0.5) is 0 Å². The lowest BCUT2D eigenvalue weighted by atomic mass is 10.1. The molecule has 1 heterocycles. The van der Waals surface area contributed by atoms with E-state index in [9.17, 15) is 8.42 Å². The van der Waals surface area contributed by atoms with Gasteiger partial charge in [0, 0.05) is 24.5 Å². The van der Waals surface area contributed by atoms with Gasteiger partial charge in [0.05, 0.1) is 10.9 Å². The van der Waals surface area contributed by atoms with Gasteiger partial charge in [-0.05, 0) is 45.2 Å². The van der Waals surface area contributed by atoms with Crippen molar-refractivity contribution in [3.05, 3.63) is 17.5 Å². The Morgan fingerprint density at radius 1 is 1.43 bits per heavy atom. The van der Waals surface area contributed by atoms with Crippen molar-refractivity contribution in [1.82, 2.24) is 15.1 Å². The lowest BCUT2D eigenvalue weighted by Crippen LogP contribution is -2.42. The van der Waals surface area contributed by atoms with Crippen molar-refractivity contribution in [2.24, 2.45) is 5.92 Å². The topological polar surface area (TPSA) is 64.0 Å². The lowest BCUT2D eigenvalue weighted by molar-refractivity contribution is 0.388. The molecule has 5 nitrogen and oxygen atoms in total. The maximum absolute atomic E-state index is 11.8. The zero-order valence-electron chi connectivity index (χ0n) is 13.5. The predicted molar refractivity (Wildman–Crippen MR) is 85.1 cm³/mol. The Morgan fingerprint density at radius 3 is 2.71 bits per heavy atom. The van der Waals surface area contributed by atoms with E-state index >= 15 is 0 Å². The zero-order chi connectivity index (χ0) is 15.6. The second kappa shape index (κ2) is 6.48. The standard InChI is InChI=1S/C15H27N3O2S/c1-11(10-18-13(3)8-12(2)17-18)9-16-14-6-5-7-15(14)21(4,19)20/h8,11,14-16H,5-7,9-10H2,1-4H3/t11-,14+,15-/m1/s1. The number of hydrogen-bond acceptors (Lipinski definition) is 4. The van der Waals surface area contributed by atoms with Crippen LogP contribution in [-0.2, 0) is 16.4 Å². The number of rotatable bonds is 6. The fourth-order valence-electron chi connectivity index (χ4n) is 3.24. The van der Waals surface area contributed by atoms with E-state index in [0.717, 1.165) is 38.0 Å². The summed E-state index contributed by atoms with van der Waals surface area (Å²) in [6.07, 6.45) is 4.12. The fourth-order valence-corrected chi connectivity index (χ4v) is 4.67. The van der Waals surface area contributed by atoms with Crippen LogP contribution in [-0.4, -0.2) is 42.3 Å². The highest BCUT2D eigenvalue weighted by Crippen LogP contribution is 2.25. The molecule has 1 aliphatic carbocycles. The SMILES string of the molecule is Cc1cc(C)n(C[C@H](C)CN[C@H]2CCC[C@H]2S(C)(=O)=O)n1. The van der Waals surface area contributed by atoms with E-state index in [1.807, 2.05) is 11.6 Å². The van der Waals surface area contributed by atoms with Gasteiger partial charge in [-0.1, -0.05) is 13.3 Å². The first-order chi connectivity index (χ1) is 9.77. The monoisotopic (exact) mass is 313 g/mol. The fraction of sp³-hybridized carbons (Fsp3) is 0.800. The van der Waals surface area contributed by atoms with Crippen molar-refractivity contribution in [3.8, 4) is 0 Å². The highest BCUT2D eigenvalue weighted by Gasteiger charge is 2.34. The second-order valence-corrected chi connectivity index (χ2v) is 8.79. The van der Waals surface area contributed by atoms with Crippen LogP contribution in [0.2, 0.25) is 0 Å². The van der Waals surface area contributed by atoms with E-state index in [2.05, 4.69) is 30.3 Å². The Labute approximate surface area is 128 Å². The van der Waals surface area contributed by atoms with Crippen LogP contribution in [0.15, 0.2) is 6.07 Å². The molecule has 0 saturated heterocycles. The number of nitrogens with one attached hydrogen (secondary N) is 1.